The Hall–Kier alpha value is -2.29. The predicted octanol–water partition coefficient (Wildman–Crippen LogP) is 3.92. The van der Waals surface area contributed by atoms with Gasteiger partial charge in [0.05, 0.1) is 11.6 Å². The average molecular weight is 282 g/mol. The molecule has 110 valence electrons. The summed E-state index contributed by atoms with van der Waals surface area (Å²) in [4.78, 5) is 12.5. The number of aryl methyl sites for hydroxylation is 1. The predicted molar refractivity (Wildman–Crippen MR) is 87.7 cm³/mol. The molecule has 3 heteroatoms. The highest BCUT2D eigenvalue weighted by Gasteiger charge is 2.16. The van der Waals surface area contributed by atoms with Gasteiger partial charge in [-0.1, -0.05) is 43.3 Å². The van der Waals surface area contributed by atoms with Crippen LogP contribution < -0.4 is 10.6 Å². The monoisotopic (exact) mass is 282 g/mol. The van der Waals surface area contributed by atoms with E-state index in [0.717, 1.165) is 23.2 Å². The van der Waals surface area contributed by atoms with E-state index in [1.54, 1.807) is 0 Å². The van der Waals surface area contributed by atoms with Crippen LogP contribution in [0.15, 0.2) is 48.5 Å². The van der Waals surface area contributed by atoms with Crippen LogP contribution in [0.5, 0.6) is 0 Å². The molecule has 2 aromatic rings. The normalized spacial score (nSPS) is 11.8. The van der Waals surface area contributed by atoms with Gasteiger partial charge >= 0.3 is 0 Å². The van der Waals surface area contributed by atoms with Crippen LogP contribution in [0, 0.1) is 6.92 Å². The number of nitrogens with one attached hydrogen (secondary N) is 2. The molecule has 0 bridgehead atoms. The van der Waals surface area contributed by atoms with E-state index in [1.165, 1.54) is 0 Å². The Morgan fingerprint density at radius 1 is 1.14 bits per heavy atom. The number of carbonyl (C=O) groups excluding carboxylic acids is 1. The topological polar surface area (TPSA) is 41.1 Å². The first-order chi connectivity index (χ1) is 10.2. The number of hydrogen-bond acceptors (Lipinski definition) is 2. The number of anilines is 1. The summed E-state index contributed by atoms with van der Waals surface area (Å²) < 4.78 is 0. The third-order valence-electron chi connectivity index (χ3n) is 3.60. The first kappa shape index (κ1) is 15.1. The number of rotatable bonds is 5. The lowest BCUT2D eigenvalue weighted by molar-refractivity contribution is 0.0936. The van der Waals surface area contributed by atoms with Crippen LogP contribution >= 0.6 is 0 Å². The number of hydrogen-bond donors (Lipinski definition) is 2. The minimum Gasteiger partial charge on any atom is -0.387 e. The van der Waals surface area contributed by atoms with Gasteiger partial charge in [-0.15, -0.1) is 0 Å². The Bertz CT molecular complexity index is 608. The van der Waals surface area contributed by atoms with Crippen molar-refractivity contribution >= 4 is 11.6 Å². The fraction of sp³-hybridized carbons (Fsp3) is 0.278. The zero-order chi connectivity index (χ0) is 15.2. The summed E-state index contributed by atoms with van der Waals surface area (Å²) in [6.45, 7) is 4.09. The molecule has 0 radical (unpaired) electrons. The van der Waals surface area contributed by atoms with E-state index in [2.05, 4.69) is 17.6 Å². The van der Waals surface area contributed by atoms with E-state index in [9.17, 15) is 4.79 Å². The molecule has 0 aliphatic heterocycles. The highest BCUT2D eigenvalue weighted by molar-refractivity contribution is 5.99. The largest absolute Gasteiger partial charge is 0.387 e. The van der Waals surface area contributed by atoms with Crippen LogP contribution in [-0.2, 0) is 0 Å². The van der Waals surface area contributed by atoms with Crippen molar-refractivity contribution < 1.29 is 4.79 Å². The molecule has 0 saturated carbocycles. The highest BCUT2D eigenvalue weighted by atomic mass is 16.1. The SMILES string of the molecule is CCC(NC(=O)c1ccc(C)cc1NC)c1ccccc1. The van der Waals surface area contributed by atoms with Crippen molar-refractivity contribution in [1.29, 1.82) is 0 Å². The molecular formula is C18H22N2O. The van der Waals surface area contributed by atoms with Crippen LogP contribution in [0.2, 0.25) is 0 Å². The molecule has 1 amide bonds. The number of amides is 1. The highest BCUT2D eigenvalue weighted by Crippen LogP contribution is 2.20. The third kappa shape index (κ3) is 3.63. The summed E-state index contributed by atoms with van der Waals surface area (Å²) in [5, 5.41) is 6.20. The fourth-order valence-corrected chi connectivity index (χ4v) is 2.41. The summed E-state index contributed by atoms with van der Waals surface area (Å²) in [7, 11) is 1.83. The summed E-state index contributed by atoms with van der Waals surface area (Å²) in [6.07, 6.45) is 0.858. The number of carbonyl (C=O) groups is 1. The molecule has 1 unspecified atom stereocenters. The summed E-state index contributed by atoms with van der Waals surface area (Å²) >= 11 is 0. The molecule has 0 aliphatic carbocycles. The van der Waals surface area contributed by atoms with Crippen LogP contribution in [0.3, 0.4) is 0 Å². The lowest BCUT2D eigenvalue weighted by Gasteiger charge is -2.19. The molecule has 2 rings (SSSR count). The van der Waals surface area contributed by atoms with E-state index < -0.39 is 0 Å². The van der Waals surface area contributed by atoms with Gasteiger partial charge in [0.1, 0.15) is 0 Å². The Kier molecular flexibility index (Phi) is 4.99. The van der Waals surface area contributed by atoms with Gasteiger partial charge in [0.15, 0.2) is 0 Å². The van der Waals surface area contributed by atoms with Crippen molar-refractivity contribution in [2.75, 3.05) is 12.4 Å². The summed E-state index contributed by atoms with van der Waals surface area (Å²) in [6, 6.07) is 15.9. The molecule has 0 saturated heterocycles. The van der Waals surface area contributed by atoms with Crippen molar-refractivity contribution in [3.8, 4) is 0 Å². The fourth-order valence-electron chi connectivity index (χ4n) is 2.41. The average Bonchev–Trinajstić information content (AvgIpc) is 2.53. The molecule has 21 heavy (non-hydrogen) atoms. The van der Waals surface area contributed by atoms with Crippen LogP contribution in [-0.4, -0.2) is 13.0 Å². The van der Waals surface area contributed by atoms with Crippen molar-refractivity contribution in [1.82, 2.24) is 5.32 Å². The molecule has 3 nitrogen and oxygen atoms in total. The Balaban J connectivity index is 2.21. The van der Waals surface area contributed by atoms with Gasteiger partial charge in [-0.3, -0.25) is 4.79 Å². The standard InChI is InChI=1S/C18H22N2O/c1-4-16(14-8-6-5-7-9-14)20-18(21)15-11-10-13(2)12-17(15)19-3/h5-12,16,19H,4H2,1-3H3,(H,20,21). The molecule has 1 atom stereocenters. The maximum atomic E-state index is 12.5. The minimum atomic E-state index is -0.0462. The van der Waals surface area contributed by atoms with Crippen molar-refractivity contribution in [2.45, 2.75) is 26.3 Å². The smallest absolute Gasteiger partial charge is 0.253 e. The minimum absolute atomic E-state index is 0.0321. The summed E-state index contributed by atoms with van der Waals surface area (Å²) in [5.74, 6) is -0.0462. The van der Waals surface area contributed by atoms with Crippen molar-refractivity contribution in [2.24, 2.45) is 0 Å². The maximum absolute atomic E-state index is 12.5. The number of benzene rings is 2. The van der Waals surface area contributed by atoms with Gasteiger partial charge in [0.25, 0.3) is 5.91 Å². The Morgan fingerprint density at radius 3 is 2.48 bits per heavy atom. The van der Waals surface area contributed by atoms with E-state index in [0.29, 0.717) is 5.56 Å². The first-order valence-electron chi connectivity index (χ1n) is 7.30. The molecule has 0 aliphatic rings. The van der Waals surface area contributed by atoms with Crippen LogP contribution in [0.1, 0.15) is 40.9 Å². The molecule has 0 aromatic heterocycles. The van der Waals surface area contributed by atoms with Crippen LogP contribution in [0.25, 0.3) is 0 Å². The summed E-state index contributed by atoms with van der Waals surface area (Å²) in [5.41, 5.74) is 3.80. The quantitative estimate of drug-likeness (QED) is 0.872. The van der Waals surface area contributed by atoms with Gasteiger partial charge in [-0.05, 0) is 36.6 Å². The molecule has 0 heterocycles. The molecule has 2 aromatic carbocycles. The van der Waals surface area contributed by atoms with Gasteiger partial charge in [-0.25, -0.2) is 0 Å². The lowest BCUT2D eigenvalue weighted by Crippen LogP contribution is -2.28. The maximum Gasteiger partial charge on any atom is 0.253 e. The van der Waals surface area contributed by atoms with Gasteiger partial charge in [-0.2, -0.15) is 0 Å². The van der Waals surface area contributed by atoms with E-state index in [-0.39, 0.29) is 11.9 Å². The molecule has 0 spiro atoms. The second-order valence-electron chi connectivity index (χ2n) is 5.14. The second kappa shape index (κ2) is 6.93. The molecule has 2 N–H and O–H groups in total. The first-order valence-corrected chi connectivity index (χ1v) is 7.30. The van der Waals surface area contributed by atoms with Crippen molar-refractivity contribution in [3.63, 3.8) is 0 Å². The zero-order valence-electron chi connectivity index (χ0n) is 12.8. The molecule has 0 fully saturated rings. The van der Waals surface area contributed by atoms with Gasteiger partial charge < -0.3 is 10.6 Å². The second-order valence-corrected chi connectivity index (χ2v) is 5.14. The van der Waals surface area contributed by atoms with E-state index in [1.807, 2.05) is 62.5 Å². The third-order valence-corrected chi connectivity index (χ3v) is 3.60. The van der Waals surface area contributed by atoms with E-state index >= 15 is 0 Å². The van der Waals surface area contributed by atoms with E-state index in [4.69, 9.17) is 0 Å². The van der Waals surface area contributed by atoms with Crippen LogP contribution in [0.4, 0.5) is 5.69 Å². The van der Waals surface area contributed by atoms with Crippen molar-refractivity contribution in [3.05, 3.63) is 65.2 Å². The Morgan fingerprint density at radius 2 is 1.86 bits per heavy atom. The zero-order valence-corrected chi connectivity index (χ0v) is 12.8. The Labute approximate surface area is 126 Å². The lowest BCUT2D eigenvalue weighted by atomic mass is 10.0. The van der Waals surface area contributed by atoms with Gasteiger partial charge in [0, 0.05) is 12.7 Å². The molecular weight excluding hydrogens is 260 g/mol. The van der Waals surface area contributed by atoms with Gasteiger partial charge in [0.2, 0.25) is 0 Å².